The van der Waals surface area contributed by atoms with Crippen molar-refractivity contribution in [1.29, 1.82) is 0 Å². The van der Waals surface area contributed by atoms with Crippen LogP contribution in [-0.2, 0) is 13.0 Å². The minimum atomic E-state index is 0.503. The van der Waals surface area contributed by atoms with Crippen molar-refractivity contribution in [2.45, 2.75) is 13.0 Å². The Labute approximate surface area is 133 Å². The van der Waals surface area contributed by atoms with E-state index in [0.717, 1.165) is 40.8 Å². The number of ether oxygens (including phenoxy) is 2. The molecule has 4 heteroatoms. The molecule has 0 unspecified atom stereocenters. The van der Waals surface area contributed by atoms with Gasteiger partial charge in [-0.3, -0.25) is 0 Å². The van der Waals surface area contributed by atoms with Crippen molar-refractivity contribution < 1.29 is 9.47 Å². The zero-order chi connectivity index (χ0) is 14.8. The predicted octanol–water partition coefficient (Wildman–Crippen LogP) is 4.32. The zero-order valence-corrected chi connectivity index (χ0v) is 12.8. The van der Waals surface area contributed by atoms with Crippen LogP contribution in [0.1, 0.15) is 10.6 Å². The van der Waals surface area contributed by atoms with E-state index < -0.39 is 0 Å². The van der Waals surface area contributed by atoms with Gasteiger partial charge in [-0.15, -0.1) is 11.3 Å². The number of para-hydroxylation sites is 1. The van der Waals surface area contributed by atoms with E-state index in [0.29, 0.717) is 6.61 Å². The molecule has 0 spiro atoms. The van der Waals surface area contributed by atoms with Crippen LogP contribution in [0.25, 0.3) is 11.3 Å². The Morgan fingerprint density at radius 3 is 2.95 bits per heavy atom. The van der Waals surface area contributed by atoms with E-state index in [1.54, 1.807) is 11.3 Å². The number of nitrogens with zero attached hydrogens (tertiary/aromatic N) is 1. The lowest BCUT2D eigenvalue weighted by Gasteiger charge is -2.03. The molecule has 0 bridgehead atoms. The van der Waals surface area contributed by atoms with Crippen LogP contribution in [0.2, 0.25) is 0 Å². The molecule has 1 aliphatic heterocycles. The van der Waals surface area contributed by atoms with Gasteiger partial charge >= 0.3 is 0 Å². The highest BCUT2D eigenvalue weighted by atomic mass is 32.1. The number of rotatable bonds is 4. The molecule has 4 rings (SSSR count). The van der Waals surface area contributed by atoms with Gasteiger partial charge < -0.3 is 9.47 Å². The molecule has 0 saturated carbocycles. The number of fused-ring (bicyclic) bond motifs is 1. The van der Waals surface area contributed by atoms with E-state index in [1.807, 2.05) is 36.4 Å². The number of hydrogen-bond acceptors (Lipinski definition) is 4. The number of thiazole rings is 1. The number of hydrogen-bond donors (Lipinski definition) is 0. The molecule has 2 aromatic carbocycles. The standard InChI is InChI=1S/C18H15NO2S/c1-2-4-15(5-3-1)21-11-18-19-16(12-22-18)13-6-7-17-14(10-13)8-9-20-17/h1-7,10,12H,8-9,11H2. The van der Waals surface area contributed by atoms with E-state index in [9.17, 15) is 0 Å². The van der Waals surface area contributed by atoms with E-state index >= 15 is 0 Å². The van der Waals surface area contributed by atoms with Crippen molar-refractivity contribution in [3.8, 4) is 22.8 Å². The Morgan fingerprint density at radius 2 is 2.05 bits per heavy atom. The van der Waals surface area contributed by atoms with E-state index in [2.05, 4.69) is 22.5 Å². The van der Waals surface area contributed by atoms with Crippen LogP contribution in [0.4, 0.5) is 0 Å². The molecular formula is C18H15NO2S. The summed E-state index contributed by atoms with van der Waals surface area (Å²) in [6.07, 6.45) is 0.983. The van der Waals surface area contributed by atoms with Crippen LogP contribution < -0.4 is 9.47 Å². The summed E-state index contributed by atoms with van der Waals surface area (Å²) in [6.45, 7) is 1.29. The quantitative estimate of drug-likeness (QED) is 0.719. The number of benzene rings is 2. The molecule has 1 aromatic heterocycles. The largest absolute Gasteiger partial charge is 0.493 e. The monoisotopic (exact) mass is 309 g/mol. The van der Waals surface area contributed by atoms with Gasteiger partial charge in [-0.05, 0) is 35.9 Å². The fourth-order valence-corrected chi connectivity index (χ4v) is 3.23. The van der Waals surface area contributed by atoms with Crippen molar-refractivity contribution in [2.75, 3.05) is 6.61 Å². The van der Waals surface area contributed by atoms with E-state index in [4.69, 9.17) is 9.47 Å². The second-order valence-electron chi connectivity index (χ2n) is 5.15. The SMILES string of the molecule is c1ccc(OCc2nc(-c3ccc4c(c3)CCO4)cs2)cc1. The highest BCUT2D eigenvalue weighted by Gasteiger charge is 2.14. The summed E-state index contributed by atoms with van der Waals surface area (Å²) in [5.41, 5.74) is 3.42. The normalized spacial score (nSPS) is 12.7. The maximum Gasteiger partial charge on any atom is 0.140 e. The molecule has 0 saturated heterocycles. The third kappa shape index (κ3) is 2.70. The predicted molar refractivity (Wildman–Crippen MR) is 87.5 cm³/mol. The molecule has 1 aliphatic rings. The van der Waals surface area contributed by atoms with Crippen LogP contribution in [-0.4, -0.2) is 11.6 Å². The second kappa shape index (κ2) is 5.81. The van der Waals surface area contributed by atoms with Gasteiger partial charge in [0.25, 0.3) is 0 Å². The summed E-state index contributed by atoms with van der Waals surface area (Å²) in [5, 5.41) is 3.07. The van der Waals surface area contributed by atoms with Gasteiger partial charge in [0.2, 0.25) is 0 Å². The zero-order valence-electron chi connectivity index (χ0n) is 12.0. The van der Waals surface area contributed by atoms with Crippen molar-refractivity contribution in [2.24, 2.45) is 0 Å². The molecule has 22 heavy (non-hydrogen) atoms. The summed E-state index contributed by atoms with van der Waals surface area (Å²) in [5.74, 6) is 1.88. The number of aromatic nitrogens is 1. The summed E-state index contributed by atoms with van der Waals surface area (Å²) >= 11 is 1.63. The lowest BCUT2D eigenvalue weighted by atomic mass is 10.1. The molecule has 3 aromatic rings. The van der Waals surface area contributed by atoms with Crippen molar-refractivity contribution >= 4 is 11.3 Å². The van der Waals surface area contributed by atoms with Crippen LogP contribution in [0.15, 0.2) is 53.9 Å². The summed E-state index contributed by atoms with van der Waals surface area (Å²) in [7, 11) is 0. The van der Waals surface area contributed by atoms with Gasteiger partial charge in [-0.25, -0.2) is 4.98 Å². The van der Waals surface area contributed by atoms with Crippen LogP contribution in [0.5, 0.6) is 11.5 Å². The van der Waals surface area contributed by atoms with Crippen molar-refractivity contribution in [3.05, 3.63) is 64.5 Å². The lowest BCUT2D eigenvalue weighted by molar-refractivity contribution is 0.305. The molecule has 110 valence electrons. The Balaban J connectivity index is 1.49. The Morgan fingerprint density at radius 1 is 1.14 bits per heavy atom. The smallest absolute Gasteiger partial charge is 0.140 e. The van der Waals surface area contributed by atoms with Gasteiger partial charge in [0.05, 0.1) is 12.3 Å². The van der Waals surface area contributed by atoms with Gasteiger partial charge in [0.15, 0.2) is 0 Å². The molecule has 3 nitrogen and oxygen atoms in total. The van der Waals surface area contributed by atoms with Crippen molar-refractivity contribution in [3.63, 3.8) is 0 Å². The third-order valence-electron chi connectivity index (χ3n) is 3.64. The van der Waals surface area contributed by atoms with Crippen LogP contribution in [0.3, 0.4) is 0 Å². The second-order valence-corrected chi connectivity index (χ2v) is 6.09. The highest BCUT2D eigenvalue weighted by molar-refractivity contribution is 7.09. The molecule has 0 atom stereocenters. The summed E-state index contributed by atoms with van der Waals surface area (Å²) < 4.78 is 11.3. The van der Waals surface area contributed by atoms with Gasteiger partial charge in [-0.2, -0.15) is 0 Å². The topological polar surface area (TPSA) is 31.4 Å². The van der Waals surface area contributed by atoms with Gasteiger partial charge in [0.1, 0.15) is 23.1 Å². The first kappa shape index (κ1) is 13.3. The fraction of sp³-hybridized carbons (Fsp3) is 0.167. The van der Waals surface area contributed by atoms with Crippen LogP contribution >= 0.6 is 11.3 Å². The maximum atomic E-state index is 5.74. The average Bonchev–Trinajstić information content (AvgIpc) is 3.22. The van der Waals surface area contributed by atoms with Crippen LogP contribution in [0, 0.1) is 0 Å². The molecule has 0 aliphatic carbocycles. The van der Waals surface area contributed by atoms with Gasteiger partial charge in [-0.1, -0.05) is 18.2 Å². The maximum absolute atomic E-state index is 5.74. The molecule has 0 fully saturated rings. The molecular weight excluding hydrogens is 294 g/mol. The first-order valence-electron chi connectivity index (χ1n) is 7.27. The summed E-state index contributed by atoms with van der Waals surface area (Å²) in [4.78, 5) is 4.67. The fourth-order valence-electron chi connectivity index (χ4n) is 2.52. The summed E-state index contributed by atoms with van der Waals surface area (Å²) in [6, 6.07) is 16.1. The van der Waals surface area contributed by atoms with E-state index in [1.165, 1.54) is 5.56 Å². The molecule has 0 amide bonds. The molecule has 0 N–H and O–H groups in total. The Kier molecular flexibility index (Phi) is 3.52. The van der Waals surface area contributed by atoms with E-state index in [-0.39, 0.29) is 0 Å². The average molecular weight is 309 g/mol. The first-order chi connectivity index (χ1) is 10.9. The Hall–Kier alpha value is -2.33. The molecule has 0 radical (unpaired) electrons. The minimum absolute atomic E-state index is 0.503. The third-order valence-corrected chi connectivity index (χ3v) is 4.46. The first-order valence-corrected chi connectivity index (χ1v) is 8.15. The molecule has 2 heterocycles. The lowest BCUT2D eigenvalue weighted by Crippen LogP contribution is -1.94. The Bertz CT molecular complexity index is 783. The van der Waals surface area contributed by atoms with Gasteiger partial charge in [0, 0.05) is 17.4 Å². The minimum Gasteiger partial charge on any atom is -0.493 e. The van der Waals surface area contributed by atoms with Crippen molar-refractivity contribution in [1.82, 2.24) is 4.98 Å². The highest BCUT2D eigenvalue weighted by Crippen LogP contribution is 2.31.